The Kier molecular flexibility index (Phi) is 6.06. The number of carbonyl (C=O) groups is 1. The van der Waals surface area contributed by atoms with E-state index >= 15 is 0 Å². The quantitative estimate of drug-likeness (QED) is 0.618. The molecule has 1 amide bonds. The number of carbonyl (C=O) groups excluding carboxylic acids is 1. The lowest BCUT2D eigenvalue weighted by Crippen LogP contribution is -2.41. The summed E-state index contributed by atoms with van der Waals surface area (Å²) in [4.78, 5) is 15.4. The summed E-state index contributed by atoms with van der Waals surface area (Å²) in [5.41, 5.74) is 12.0. The molecule has 0 radical (unpaired) electrons. The lowest BCUT2D eigenvalue weighted by Gasteiger charge is -2.26. The van der Waals surface area contributed by atoms with E-state index in [0.717, 1.165) is 43.8 Å². The summed E-state index contributed by atoms with van der Waals surface area (Å²) in [6.45, 7) is 9.67. The zero-order valence-electron chi connectivity index (χ0n) is 17.8. The fraction of sp³-hybridized carbons (Fsp3) is 0.375. The standard InChI is InChI=1S/C24H30N4O2/c1-17-3-4-18(2)20(13-17)16-28-22-6-5-21(25)14-19(22)15-23(28)24(29)26-7-8-27-9-11-30-12-10-27/h3-6,13-15H,7-12,16,25H2,1-2H3,(H,26,29). The Morgan fingerprint density at radius 2 is 1.90 bits per heavy atom. The first kappa shape index (κ1) is 20.4. The average Bonchev–Trinajstić information content (AvgIpc) is 3.09. The maximum Gasteiger partial charge on any atom is 0.267 e. The molecule has 3 aromatic rings. The molecule has 158 valence electrons. The number of aromatic nitrogens is 1. The number of aryl methyl sites for hydroxylation is 2. The predicted molar refractivity (Wildman–Crippen MR) is 121 cm³/mol. The maximum absolute atomic E-state index is 13.1. The van der Waals surface area contributed by atoms with Gasteiger partial charge in [-0.15, -0.1) is 0 Å². The third-order valence-corrected chi connectivity index (χ3v) is 5.81. The molecular weight excluding hydrogens is 376 g/mol. The van der Waals surface area contributed by atoms with Crippen molar-refractivity contribution in [2.45, 2.75) is 20.4 Å². The molecule has 0 aliphatic carbocycles. The number of nitrogens with one attached hydrogen (secondary N) is 1. The highest BCUT2D eigenvalue weighted by molar-refractivity contribution is 5.99. The van der Waals surface area contributed by atoms with Crippen LogP contribution in [0.15, 0.2) is 42.5 Å². The monoisotopic (exact) mass is 406 g/mol. The van der Waals surface area contributed by atoms with E-state index in [1.807, 2.05) is 24.3 Å². The van der Waals surface area contributed by atoms with Gasteiger partial charge in [-0.3, -0.25) is 9.69 Å². The van der Waals surface area contributed by atoms with E-state index in [2.05, 4.69) is 46.8 Å². The van der Waals surface area contributed by atoms with E-state index in [1.165, 1.54) is 16.7 Å². The van der Waals surface area contributed by atoms with Gasteiger partial charge in [0.2, 0.25) is 0 Å². The van der Waals surface area contributed by atoms with Gasteiger partial charge < -0.3 is 20.4 Å². The van der Waals surface area contributed by atoms with Crippen LogP contribution in [0.1, 0.15) is 27.2 Å². The number of amides is 1. The van der Waals surface area contributed by atoms with Crippen LogP contribution in [-0.4, -0.2) is 54.8 Å². The van der Waals surface area contributed by atoms with Crippen molar-refractivity contribution in [3.8, 4) is 0 Å². The van der Waals surface area contributed by atoms with Gasteiger partial charge in [0, 0.05) is 49.3 Å². The van der Waals surface area contributed by atoms with Gasteiger partial charge in [-0.2, -0.15) is 0 Å². The molecule has 1 fully saturated rings. The van der Waals surface area contributed by atoms with E-state index < -0.39 is 0 Å². The number of fused-ring (bicyclic) bond motifs is 1. The summed E-state index contributed by atoms with van der Waals surface area (Å²) < 4.78 is 7.49. The van der Waals surface area contributed by atoms with Crippen molar-refractivity contribution >= 4 is 22.5 Å². The molecule has 0 spiro atoms. The second-order valence-electron chi connectivity index (χ2n) is 8.07. The fourth-order valence-electron chi connectivity index (χ4n) is 4.03. The van der Waals surface area contributed by atoms with E-state index in [-0.39, 0.29) is 5.91 Å². The minimum Gasteiger partial charge on any atom is -0.399 e. The van der Waals surface area contributed by atoms with Crippen LogP contribution in [0, 0.1) is 13.8 Å². The molecule has 6 heteroatoms. The number of hydrogen-bond acceptors (Lipinski definition) is 4. The SMILES string of the molecule is Cc1ccc(C)c(Cn2c(C(=O)NCCN3CCOCC3)cc3cc(N)ccc32)c1. The second-order valence-corrected chi connectivity index (χ2v) is 8.07. The molecule has 30 heavy (non-hydrogen) atoms. The van der Waals surface area contributed by atoms with Gasteiger partial charge >= 0.3 is 0 Å². The molecule has 0 saturated carbocycles. The van der Waals surface area contributed by atoms with E-state index in [9.17, 15) is 4.79 Å². The lowest BCUT2D eigenvalue weighted by atomic mass is 10.1. The largest absolute Gasteiger partial charge is 0.399 e. The van der Waals surface area contributed by atoms with Crippen LogP contribution in [0.25, 0.3) is 10.9 Å². The number of anilines is 1. The second kappa shape index (κ2) is 8.90. The van der Waals surface area contributed by atoms with Crippen molar-refractivity contribution in [2.75, 3.05) is 45.1 Å². The molecule has 1 aromatic heterocycles. The molecule has 3 N–H and O–H groups in total. The summed E-state index contributed by atoms with van der Waals surface area (Å²) >= 11 is 0. The maximum atomic E-state index is 13.1. The predicted octanol–water partition coefficient (Wildman–Crippen LogP) is 2.95. The topological polar surface area (TPSA) is 72.5 Å². The third kappa shape index (κ3) is 4.50. The van der Waals surface area contributed by atoms with Crippen molar-refractivity contribution < 1.29 is 9.53 Å². The van der Waals surface area contributed by atoms with Crippen LogP contribution in [0.5, 0.6) is 0 Å². The zero-order valence-corrected chi connectivity index (χ0v) is 17.8. The smallest absolute Gasteiger partial charge is 0.267 e. The molecule has 6 nitrogen and oxygen atoms in total. The van der Waals surface area contributed by atoms with Gasteiger partial charge in [-0.25, -0.2) is 0 Å². The van der Waals surface area contributed by atoms with Crippen LogP contribution in [0.2, 0.25) is 0 Å². The Morgan fingerprint density at radius 1 is 1.10 bits per heavy atom. The molecule has 0 atom stereocenters. The van der Waals surface area contributed by atoms with Crippen LogP contribution < -0.4 is 11.1 Å². The van der Waals surface area contributed by atoms with Crippen LogP contribution >= 0.6 is 0 Å². The molecule has 1 aliphatic heterocycles. The van der Waals surface area contributed by atoms with Gasteiger partial charge in [0.1, 0.15) is 5.69 Å². The number of nitrogens with two attached hydrogens (primary N) is 1. The summed E-state index contributed by atoms with van der Waals surface area (Å²) in [6.07, 6.45) is 0. The first-order valence-electron chi connectivity index (χ1n) is 10.5. The van der Waals surface area contributed by atoms with Gasteiger partial charge in [0.25, 0.3) is 5.91 Å². The number of morpholine rings is 1. The number of hydrogen-bond donors (Lipinski definition) is 2. The van der Waals surface area contributed by atoms with Crippen molar-refractivity contribution in [2.24, 2.45) is 0 Å². The Bertz CT molecular complexity index is 1050. The normalized spacial score (nSPS) is 14.9. The number of benzene rings is 2. The number of ether oxygens (including phenoxy) is 1. The van der Waals surface area contributed by atoms with E-state index in [0.29, 0.717) is 24.5 Å². The summed E-state index contributed by atoms with van der Waals surface area (Å²) in [6, 6.07) is 14.2. The van der Waals surface area contributed by atoms with Gasteiger partial charge in [-0.05, 0) is 49.2 Å². The number of rotatable bonds is 6. The third-order valence-electron chi connectivity index (χ3n) is 5.81. The van der Waals surface area contributed by atoms with Crippen LogP contribution in [0.4, 0.5) is 5.69 Å². The number of nitrogen functional groups attached to an aromatic ring is 1. The highest BCUT2D eigenvalue weighted by atomic mass is 16.5. The highest BCUT2D eigenvalue weighted by Crippen LogP contribution is 2.25. The van der Waals surface area contributed by atoms with Crippen molar-refractivity contribution in [3.05, 3.63) is 64.8 Å². The molecular formula is C24H30N4O2. The molecule has 2 heterocycles. The van der Waals surface area contributed by atoms with Gasteiger partial charge in [-0.1, -0.05) is 23.8 Å². The highest BCUT2D eigenvalue weighted by Gasteiger charge is 2.17. The average molecular weight is 407 g/mol. The van der Waals surface area contributed by atoms with Gasteiger partial charge in [0.15, 0.2) is 0 Å². The summed E-state index contributed by atoms with van der Waals surface area (Å²) in [5, 5.41) is 4.09. The Morgan fingerprint density at radius 3 is 2.70 bits per heavy atom. The number of nitrogens with zero attached hydrogens (tertiary/aromatic N) is 2. The van der Waals surface area contributed by atoms with E-state index in [4.69, 9.17) is 10.5 Å². The molecule has 0 unspecified atom stereocenters. The van der Waals surface area contributed by atoms with Gasteiger partial charge in [0.05, 0.1) is 13.2 Å². The fourth-order valence-corrected chi connectivity index (χ4v) is 4.03. The van der Waals surface area contributed by atoms with Crippen molar-refractivity contribution in [1.29, 1.82) is 0 Å². The molecule has 0 bridgehead atoms. The molecule has 4 rings (SSSR count). The Hall–Kier alpha value is -2.83. The summed E-state index contributed by atoms with van der Waals surface area (Å²) in [7, 11) is 0. The van der Waals surface area contributed by atoms with Crippen LogP contribution in [0.3, 0.4) is 0 Å². The Labute approximate surface area is 177 Å². The van der Waals surface area contributed by atoms with Crippen LogP contribution in [-0.2, 0) is 11.3 Å². The van der Waals surface area contributed by atoms with E-state index in [1.54, 1.807) is 0 Å². The first-order chi connectivity index (χ1) is 14.5. The lowest BCUT2D eigenvalue weighted by molar-refractivity contribution is 0.0383. The molecule has 1 aliphatic rings. The molecule has 1 saturated heterocycles. The minimum absolute atomic E-state index is 0.0525. The minimum atomic E-state index is -0.0525. The summed E-state index contributed by atoms with van der Waals surface area (Å²) in [5.74, 6) is -0.0525. The Balaban J connectivity index is 1.58. The first-order valence-corrected chi connectivity index (χ1v) is 10.5. The molecule has 2 aromatic carbocycles. The zero-order chi connectivity index (χ0) is 21.1. The van der Waals surface area contributed by atoms with Crippen molar-refractivity contribution in [3.63, 3.8) is 0 Å². The van der Waals surface area contributed by atoms with Crippen molar-refractivity contribution in [1.82, 2.24) is 14.8 Å².